The van der Waals surface area contributed by atoms with Crippen LogP contribution in [0.25, 0.3) is 0 Å². The van der Waals surface area contributed by atoms with Gasteiger partial charge in [-0.15, -0.1) is 0 Å². The Morgan fingerprint density at radius 1 is 0.750 bits per heavy atom. The van der Waals surface area contributed by atoms with E-state index in [-0.39, 0.29) is 95.3 Å². The number of carbonyl (C=O) groups is 8. The summed E-state index contributed by atoms with van der Waals surface area (Å²) in [6.07, 6.45) is 1.42. The predicted molar refractivity (Wildman–Crippen MR) is 232 cm³/mol. The quantitative estimate of drug-likeness (QED) is 0.0405. The van der Waals surface area contributed by atoms with E-state index in [1.165, 1.54) is 12.2 Å². The van der Waals surface area contributed by atoms with Crippen LogP contribution < -0.4 is 27.0 Å². The first-order valence-corrected chi connectivity index (χ1v) is 21.7. The van der Waals surface area contributed by atoms with E-state index in [0.717, 1.165) is 18.0 Å². The first-order valence-electron chi connectivity index (χ1n) is 21.7. The Labute approximate surface area is 374 Å². The number of carbonyl (C=O) groups excluding carboxylic acids is 8. The number of aliphatic hydroxyl groups excluding tert-OH is 1. The number of likely N-dealkylation sites (N-methyl/N-ethyl adjacent to an activating group) is 1. The van der Waals surface area contributed by atoms with Crippen LogP contribution in [-0.4, -0.2) is 179 Å². The molecule has 0 spiro atoms. The topological polar surface area (TPSA) is 278 Å². The van der Waals surface area contributed by atoms with Gasteiger partial charge in [0.25, 0.3) is 17.7 Å². The van der Waals surface area contributed by atoms with Crippen LogP contribution in [0.5, 0.6) is 0 Å². The third-order valence-corrected chi connectivity index (χ3v) is 10.3. The number of Topliss-reactive ketones (excluding diaryl/α,β-unsaturated/α-hetero) is 1. The van der Waals surface area contributed by atoms with E-state index in [0.29, 0.717) is 57.2 Å². The number of hydrogen-bond acceptors (Lipinski definition) is 14. The van der Waals surface area contributed by atoms with Crippen molar-refractivity contribution < 1.29 is 62.4 Å². The van der Waals surface area contributed by atoms with Crippen LogP contribution >= 0.6 is 0 Å². The molecule has 3 atom stereocenters. The molecule has 21 heteroatoms. The first-order chi connectivity index (χ1) is 30.7. The van der Waals surface area contributed by atoms with Crippen LogP contribution in [0.2, 0.25) is 0 Å². The van der Waals surface area contributed by atoms with E-state index in [1.807, 2.05) is 7.05 Å². The van der Waals surface area contributed by atoms with Crippen LogP contribution in [0.15, 0.2) is 36.4 Å². The summed E-state index contributed by atoms with van der Waals surface area (Å²) in [6, 6.07) is 4.70. The summed E-state index contributed by atoms with van der Waals surface area (Å²) < 4.78 is 21.9. The molecule has 1 fully saturated rings. The van der Waals surface area contributed by atoms with Gasteiger partial charge in [-0.25, -0.2) is 4.79 Å². The number of ether oxygens (including phenoxy) is 4. The van der Waals surface area contributed by atoms with E-state index in [2.05, 4.69) is 26.2 Å². The van der Waals surface area contributed by atoms with E-state index in [1.54, 1.807) is 43.0 Å². The molecule has 0 radical (unpaired) electrons. The zero-order valence-corrected chi connectivity index (χ0v) is 37.2. The Kier molecular flexibility index (Phi) is 24.2. The molecule has 0 bridgehead atoms. The van der Waals surface area contributed by atoms with Gasteiger partial charge >= 0.3 is 6.03 Å². The van der Waals surface area contributed by atoms with Crippen LogP contribution in [0.4, 0.5) is 10.5 Å². The lowest BCUT2D eigenvalue weighted by atomic mass is 9.89. The largest absolute Gasteiger partial charge is 0.379 e. The predicted octanol–water partition coefficient (Wildman–Crippen LogP) is -0.515. The van der Waals surface area contributed by atoms with Crippen molar-refractivity contribution in [3.8, 4) is 0 Å². The molecule has 2 aliphatic heterocycles. The summed E-state index contributed by atoms with van der Waals surface area (Å²) in [5.41, 5.74) is 5.97. The summed E-state index contributed by atoms with van der Waals surface area (Å²) in [6.45, 7) is 8.68. The second kappa shape index (κ2) is 29.2. The van der Waals surface area contributed by atoms with Crippen LogP contribution in [0.3, 0.4) is 0 Å². The lowest BCUT2D eigenvalue weighted by molar-refractivity contribution is -0.142. The average Bonchev–Trinajstić information content (AvgIpc) is 3.59. The number of hydrogen-bond donors (Lipinski definition) is 6. The van der Waals surface area contributed by atoms with Gasteiger partial charge in [-0.3, -0.25) is 38.5 Å². The normalized spacial score (nSPS) is 15.5. The maximum Gasteiger partial charge on any atom is 0.312 e. The smallest absolute Gasteiger partial charge is 0.312 e. The number of amides is 8. The Bertz CT molecular complexity index is 1700. The summed E-state index contributed by atoms with van der Waals surface area (Å²) in [4.78, 5) is 104. The van der Waals surface area contributed by atoms with Crippen LogP contribution in [-0.2, 0) is 52.5 Å². The van der Waals surface area contributed by atoms with Crippen molar-refractivity contribution in [1.82, 2.24) is 30.7 Å². The van der Waals surface area contributed by atoms with Crippen molar-refractivity contribution in [3.63, 3.8) is 0 Å². The fourth-order valence-electron chi connectivity index (χ4n) is 6.60. The molecule has 356 valence electrons. The van der Waals surface area contributed by atoms with Gasteiger partial charge in [0.05, 0.1) is 58.9 Å². The molecule has 0 aliphatic carbocycles. The number of nitrogens with zero attached hydrogens (tertiary/aromatic N) is 3. The van der Waals surface area contributed by atoms with Gasteiger partial charge < -0.3 is 60.9 Å². The number of aliphatic hydroxyl groups is 1. The molecule has 0 aromatic heterocycles. The minimum atomic E-state index is -1.35. The Balaban J connectivity index is 1.30. The fraction of sp³-hybridized carbons (Fsp3) is 0.628. The van der Waals surface area contributed by atoms with E-state index >= 15 is 0 Å². The van der Waals surface area contributed by atoms with Gasteiger partial charge in [-0.05, 0) is 43.5 Å². The number of ketones is 1. The summed E-state index contributed by atoms with van der Waals surface area (Å²) in [5.74, 6) is -3.79. The van der Waals surface area contributed by atoms with E-state index < -0.39 is 47.7 Å². The Morgan fingerprint density at radius 2 is 1.33 bits per heavy atom. The number of rotatable bonds is 31. The second-order valence-electron chi connectivity index (χ2n) is 15.7. The minimum absolute atomic E-state index is 0.00398. The number of imide groups is 1. The van der Waals surface area contributed by atoms with Gasteiger partial charge in [-0.2, -0.15) is 0 Å². The van der Waals surface area contributed by atoms with Crippen molar-refractivity contribution in [1.29, 1.82) is 0 Å². The molecule has 1 saturated heterocycles. The lowest BCUT2D eigenvalue weighted by Gasteiger charge is -2.33. The standard InChI is InChI=1S/C43H66N8O13/c1-30(2)39(48-36(54)13-21-61-23-25-63-27-28-64-26-24-62-22-15-45-35(53)12-16-51-37(55)10-11-38(51)56)34(52)29-32(5-4-14-46-43(44)60)41(58)47-33-8-6-31(7-9-33)40(57)42(59)50-19-17-49(3)18-20-50/h6-11,30,32,39-40,57H,4-5,12-29H2,1-3H3,(H,45,53)(H,47,58)(H,48,54)(H3,44,46,60)/t32-,39+,40?/m1/s1. The molecule has 21 nitrogen and oxygen atoms in total. The number of urea groups is 1. The molecule has 2 aliphatic rings. The van der Waals surface area contributed by atoms with E-state index in [4.69, 9.17) is 24.7 Å². The maximum atomic E-state index is 13.6. The highest BCUT2D eigenvalue weighted by Gasteiger charge is 2.30. The van der Waals surface area contributed by atoms with Gasteiger partial charge in [0.2, 0.25) is 17.7 Å². The molecule has 2 heterocycles. The first kappa shape index (κ1) is 53.0. The second-order valence-corrected chi connectivity index (χ2v) is 15.7. The minimum Gasteiger partial charge on any atom is -0.379 e. The molecule has 64 heavy (non-hydrogen) atoms. The molecule has 1 aromatic carbocycles. The zero-order valence-electron chi connectivity index (χ0n) is 37.2. The summed E-state index contributed by atoms with van der Waals surface area (Å²) in [7, 11) is 1.97. The van der Waals surface area contributed by atoms with E-state index in [9.17, 15) is 43.5 Å². The van der Waals surface area contributed by atoms with Gasteiger partial charge in [0.1, 0.15) is 0 Å². The molecule has 7 N–H and O–H groups in total. The number of anilines is 1. The number of nitrogens with two attached hydrogens (primary N) is 1. The molecule has 1 unspecified atom stereocenters. The molecule has 0 saturated carbocycles. The van der Waals surface area contributed by atoms with Gasteiger partial charge in [-0.1, -0.05) is 26.0 Å². The van der Waals surface area contributed by atoms with Crippen molar-refractivity contribution in [3.05, 3.63) is 42.0 Å². The molecular formula is C43H66N8O13. The SMILES string of the molecule is CC(C)[C@H](NC(=O)CCOCCOCCOCCOCCNC(=O)CCN1C(=O)C=CC1=O)C(=O)C[C@@H](CCCNC(N)=O)C(=O)Nc1ccc(C(O)C(=O)N2CCN(C)CC2)cc1. The third kappa shape index (κ3) is 20.0. The monoisotopic (exact) mass is 902 g/mol. The van der Waals surface area contributed by atoms with Gasteiger partial charge in [0.15, 0.2) is 11.9 Å². The molecule has 8 amide bonds. The third-order valence-electron chi connectivity index (χ3n) is 10.3. The molecular weight excluding hydrogens is 837 g/mol. The zero-order chi connectivity index (χ0) is 46.9. The van der Waals surface area contributed by atoms with Crippen molar-refractivity contribution in [2.75, 3.05) is 111 Å². The van der Waals surface area contributed by atoms with Crippen LogP contribution in [0, 0.1) is 11.8 Å². The maximum absolute atomic E-state index is 13.6. The number of piperazine rings is 1. The van der Waals surface area contributed by atoms with Crippen molar-refractivity contribution >= 4 is 52.9 Å². The van der Waals surface area contributed by atoms with Crippen molar-refractivity contribution in [2.45, 2.75) is 58.1 Å². The van der Waals surface area contributed by atoms with Crippen molar-refractivity contribution in [2.24, 2.45) is 17.6 Å². The van der Waals surface area contributed by atoms with Crippen LogP contribution in [0.1, 0.15) is 57.6 Å². The highest BCUT2D eigenvalue weighted by molar-refractivity contribution is 6.13. The Hall–Kier alpha value is -5.32. The molecule has 1 aromatic rings. The molecule has 3 rings (SSSR count). The summed E-state index contributed by atoms with van der Waals surface area (Å²) >= 11 is 0. The summed E-state index contributed by atoms with van der Waals surface area (Å²) in [5, 5.41) is 21.5. The fourth-order valence-corrected chi connectivity index (χ4v) is 6.60. The Morgan fingerprint density at radius 3 is 1.91 bits per heavy atom. The van der Waals surface area contributed by atoms with Gasteiger partial charge in [0, 0.05) is 88.8 Å². The lowest BCUT2D eigenvalue weighted by Crippen LogP contribution is -2.48. The highest BCUT2D eigenvalue weighted by atomic mass is 16.6. The average molecular weight is 903 g/mol. The number of primary amides is 1. The number of nitrogens with one attached hydrogen (secondary N) is 4. The number of benzene rings is 1. The highest BCUT2D eigenvalue weighted by Crippen LogP contribution is 2.22.